The zero-order valence-electron chi connectivity index (χ0n) is 12.2. The van der Waals surface area contributed by atoms with E-state index in [1.54, 1.807) is 39.6 Å². The van der Waals surface area contributed by atoms with Crippen LogP contribution in [-0.2, 0) is 9.53 Å². The molecule has 0 aliphatic carbocycles. The number of ether oxygens (including phenoxy) is 1. The van der Waals surface area contributed by atoms with Crippen LogP contribution in [-0.4, -0.2) is 60.3 Å². The fourth-order valence-electron chi connectivity index (χ4n) is 1.12. The van der Waals surface area contributed by atoms with Gasteiger partial charge in [-0.25, -0.2) is 4.79 Å². The standard InChI is InChI=1S/C12H25N2O3PS/c1-12(2,3)17-11(16)14(4)9-10(15)13-5-7-19-8-6-18/h5-9,18H2,1-4H3,(H,13,15). The van der Waals surface area contributed by atoms with Crippen molar-refractivity contribution in [3.63, 3.8) is 0 Å². The van der Waals surface area contributed by atoms with Crippen molar-refractivity contribution < 1.29 is 14.3 Å². The highest BCUT2D eigenvalue weighted by atomic mass is 32.2. The van der Waals surface area contributed by atoms with Crippen molar-refractivity contribution in [3.8, 4) is 0 Å². The molecule has 19 heavy (non-hydrogen) atoms. The van der Waals surface area contributed by atoms with Gasteiger partial charge in [0.2, 0.25) is 5.91 Å². The zero-order chi connectivity index (χ0) is 14.9. The number of carbonyl (C=O) groups is 2. The SMILES string of the molecule is CN(CC(=O)NCCSCCP)C(=O)OC(C)(C)C. The summed E-state index contributed by atoms with van der Waals surface area (Å²) in [6, 6.07) is 0. The van der Waals surface area contributed by atoms with Crippen LogP contribution < -0.4 is 5.32 Å². The number of hydrogen-bond acceptors (Lipinski definition) is 4. The number of thioether (sulfide) groups is 1. The summed E-state index contributed by atoms with van der Waals surface area (Å²) in [5.74, 6) is 1.79. The van der Waals surface area contributed by atoms with Gasteiger partial charge in [-0.2, -0.15) is 11.8 Å². The van der Waals surface area contributed by atoms with Crippen LogP contribution in [0.3, 0.4) is 0 Å². The summed E-state index contributed by atoms with van der Waals surface area (Å²) < 4.78 is 5.16. The minimum Gasteiger partial charge on any atom is -0.444 e. The van der Waals surface area contributed by atoms with Crippen molar-refractivity contribution in [2.45, 2.75) is 26.4 Å². The Morgan fingerprint density at radius 3 is 2.47 bits per heavy atom. The summed E-state index contributed by atoms with van der Waals surface area (Å²) in [4.78, 5) is 24.5. The smallest absolute Gasteiger partial charge is 0.410 e. The molecule has 0 saturated heterocycles. The van der Waals surface area contributed by atoms with E-state index < -0.39 is 11.7 Å². The first-order chi connectivity index (χ1) is 8.76. The van der Waals surface area contributed by atoms with Crippen molar-refractivity contribution in [2.24, 2.45) is 0 Å². The molecule has 7 heteroatoms. The van der Waals surface area contributed by atoms with E-state index in [1.807, 2.05) is 0 Å². The van der Waals surface area contributed by atoms with E-state index in [0.717, 1.165) is 17.7 Å². The van der Waals surface area contributed by atoms with Gasteiger partial charge in [-0.15, -0.1) is 9.24 Å². The first kappa shape index (κ1) is 18.5. The molecule has 112 valence electrons. The fourth-order valence-corrected chi connectivity index (χ4v) is 2.24. The van der Waals surface area contributed by atoms with Gasteiger partial charge in [-0.05, 0) is 32.7 Å². The van der Waals surface area contributed by atoms with E-state index >= 15 is 0 Å². The van der Waals surface area contributed by atoms with Gasteiger partial charge >= 0.3 is 6.09 Å². The average Bonchev–Trinajstić information content (AvgIpc) is 2.26. The van der Waals surface area contributed by atoms with E-state index in [0.29, 0.717) is 6.54 Å². The molecular weight excluding hydrogens is 283 g/mol. The summed E-state index contributed by atoms with van der Waals surface area (Å²) in [5, 5.41) is 2.77. The molecule has 0 aliphatic rings. The van der Waals surface area contributed by atoms with E-state index in [-0.39, 0.29) is 12.5 Å². The maximum absolute atomic E-state index is 11.6. The highest BCUT2D eigenvalue weighted by Crippen LogP contribution is 2.08. The van der Waals surface area contributed by atoms with Crippen LogP contribution in [0.15, 0.2) is 0 Å². The van der Waals surface area contributed by atoms with Crippen molar-refractivity contribution >= 4 is 33.0 Å². The summed E-state index contributed by atoms with van der Waals surface area (Å²) in [6.07, 6.45) is 0.569. The second-order valence-corrected chi connectivity index (χ2v) is 6.89. The van der Waals surface area contributed by atoms with Crippen molar-refractivity contribution in [2.75, 3.05) is 37.8 Å². The van der Waals surface area contributed by atoms with Gasteiger partial charge in [0.15, 0.2) is 0 Å². The van der Waals surface area contributed by atoms with Gasteiger partial charge in [0, 0.05) is 19.3 Å². The molecule has 1 atom stereocenters. The van der Waals surface area contributed by atoms with E-state index in [9.17, 15) is 9.59 Å². The van der Waals surface area contributed by atoms with Crippen LogP contribution in [0.25, 0.3) is 0 Å². The maximum Gasteiger partial charge on any atom is 0.410 e. The molecule has 0 fully saturated rings. The number of hydrogen-bond donors (Lipinski definition) is 1. The van der Waals surface area contributed by atoms with Crippen molar-refractivity contribution in [1.29, 1.82) is 0 Å². The quantitative estimate of drug-likeness (QED) is 0.573. The normalized spacial score (nSPS) is 11.0. The Morgan fingerprint density at radius 2 is 1.95 bits per heavy atom. The van der Waals surface area contributed by atoms with Crippen LogP contribution in [0, 0.1) is 0 Å². The number of carbonyl (C=O) groups excluding carboxylic acids is 2. The fraction of sp³-hybridized carbons (Fsp3) is 0.833. The summed E-state index contributed by atoms with van der Waals surface area (Å²) in [6.45, 7) is 6.02. The molecular formula is C12H25N2O3PS. The number of nitrogens with zero attached hydrogens (tertiary/aromatic N) is 1. The Kier molecular flexibility index (Phi) is 9.19. The Hall–Kier alpha value is -0.480. The number of amides is 2. The highest BCUT2D eigenvalue weighted by Gasteiger charge is 2.20. The summed E-state index contributed by atoms with van der Waals surface area (Å²) in [5.41, 5.74) is -0.545. The van der Waals surface area contributed by atoms with Crippen LogP contribution in [0.4, 0.5) is 4.79 Å². The Bertz CT molecular complexity index is 295. The first-order valence-corrected chi connectivity index (χ1v) is 8.22. The molecule has 1 unspecified atom stereocenters. The third-order valence-corrected chi connectivity index (χ3v) is 3.64. The van der Waals surface area contributed by atoms with Crippen LogP contribution in [0.2, 0.25) is 0 Å². The molecule has 1 N–H and O–H groups in total. The molecule has 0 aromatic heterocycles. The van der Waals surface area contributed by atoms with Crippen LogP contribution in [0.1, 0.15) is 20.8 Å². The van der Waals surface area contributed by atoms with Gasteiger partial charge in [0.05, 0.1) is 0 Å². The molecule has 0 heterocycles. The lowest BCUT2D eigenvalue weighted by Crippen LogP contribution is -2.41. The predicted octanol–water partition coefficient (Wildman–Crippen LogP) is 1.58. The molecule has 2 amide bonds. The zero-order valence-corrected chi connectivity index (χ0v) is 14.2. The second kappa shape index (κ2) is 9.43. The van der Waals surface area contributed by atoms with Gasteiger partial charge in [-0.3, -0.25) is 4.79 Å². The minimum absolute atomic E-state index is 0.0171. The topological polar surface area (TPSA) is 58.6 Å². The Morgan fingerprint density at radius 1 is 1.32 bits per heavy atom. The van der Waals surface area contributed by atoms with Gasteiger partial charge in [0.25, 0.3) is 0 Å². The lowest BCUT2D eigenvalue weighted by molar-refractivity contribution is -0.121. The molecule has 5 nitrogen and oxygen atoms in total. The molecule has 0 saturated carbocycles. The summed E-state index contributed by atoms with van der Waals surface area (Å²) >= 11 is 1.79. The molecule has 0 aromatic carbocycles. The third-order valence-electron chi connectivity index (χ3n) is 1.92. The molecule has 0 aromatic rings. The molecule has 0 rings (SSSR count). The minimum atomic E-state index is -0.545. The average molecular weight is 308 g/mol. The molecule has 0 radical (unpaired) electrons. The Labute approximate surface area is 122 Å². The van der Waals surface area contributed by atoms with E-state index in [4.69, 9.17) is 4.74 Å². The monoisotopic (exact) mass is 308 g/mol. The van der Waals surface area contributed by atoms with Crippen LogP contribution in [0.5, 0.6) is 0 Å². The van der Waals surface area contributed by atoms with Crippen LogP contribution >= 0.6 is 21.0 Å². The number of likely N-dealkylation sites (N-methyl/N-ethyl adjacent to an activating group) is 1. The largest absolute Gasteiger partial charge is 0.444 e. The summed E-state index contributed by atoms with van der Waals surface area (Å²) in [7, 11) is 4.22. The highest BCUT2D eigenvalue weighted by molar-refractivity contribution is 7.99. The van der Waals surface area contributed by atoms with E-state index in [2.05, 4.69) is 14.6 Å². The maximum atomic E-state index is 11.6. The van der Waals surface area contributed by atoms with Gasteiger partial charge in [0.1, 0.15) is 12.1 Å². The van der Waals surface area contributed by atoms with Gasteiger partial charge < -0.3 is 15.0 Å². The van der Waals surface area contributed by atoms with Crippen molar-refractivity contribution in [1.82, 2.24) is 10.2 Å². The number of nitrogens with one attached hydrogen (secondary N) is 1. The lowest BCUT2D eigenvalue weighted by Gasteiger charge is -2.24. The molecule has 0 spiro atoms. The van der Waals surface area contributed by atoms with Crippen molar-refractivity contribution in [3.05, 3.63) is 0 Å². The molecule has 0 bridgehead atoms. The van der Waals surface area contributed by atoms with E-state index in [1.165, 1.54) is 4.90 Å². The third kappa shape index (κ3) is 11.1. The Balaban J connectivity index is 3.83. The van der Waals surface area contributed by atoms with Gasteiger partial charge in [-0.1, -0.05) is 0 Å². The second-order valence-electron chi connectivity index (χ2n) is 5.09. The number of rotatable bonds is 7. The first-order valence-electron chi connectivity index (χ1n) is 6.25. The molecule has 0 aliphatic heterocycles. The predicted molar refractivity (Wildman–Crippen MR) is 83.8 cm³/mol. The lowest BCUT2D eigenvalue weighted by atomic mass is 10.2.